The first kappa shape index (κ1) is 7.10. The van der Waals surface area contributed by atoms with Crippen molar-refractivity contribution in [2.24, 2.45) is 17.8 Å². The fraction of sp³-hybridized carbons (Fsp3) is 0.875. The van der Waals surface area contributed by atoms with E-state index in [0.717, 1.165) is 13.1 Å². The monoisotopic (exact) mass is 155 g/mol. The molecule has 1 N–H and O–H groups in total. The van der Waals surface area contributed by atoms with E-state index < -0.39 is 0 Å². The van der Waals surface area contributed by atoms with Gasteiger partial charge in [0.05, 0.1) is 12.5 Å². The Balaban J connectivity index is 2.11. The van der Waals surface area contributed by atoms with E-state index in [9.17, 15) is 4.79 Å². The van der Waals surface area contributed by atoms with Gasteiger partial charge >= 0.3 is 5.97 Å². The molecule has 2 heterocycles. The topological polar surface area (TPSA) is 38.3 Å². The number of cyclic esters (lactones) is 1. The van der Waals surface area contributed by atoms with Gasteiger partial charge in [-0.05, 0) is 12.5 Å². The summed E-state index contributed by atoms with van der Waals surface area (Å²) in [5.74, 6) is 1.18. The number of carbonyl (C=O) groups is 1. The first-order valence-corrected chi connectivity index (χ1v) is 4.16. The van der Waals surface area contributed by atoms with Crippen LogP contribution in [-0.2, 0) is 9.53 Å². The van der Waals surface area contributed by atoms with E-state index in [-0.39, 0.29) is 11.9 Å². The molecule has 3 nitrogen and oxygen atoms in total. The first-order valence-electron chi connectivity index (χ1n) is 4.16. The Morgan fingerprint density at radius 1 is 1.55 bits per heavy atom. The van der Waals surface area contributed by atoms with Crippen molar-refractivity contribution >= 4 is 5.97 Å². The number of carbonyl (C=O) groups excluding carboxylic acids is 1. The number of esters is 1. The Kier molecular flexibility index (Phi) is 1.60. The van der Waals surface area contributed by atoms with Gasteiger partial charge in [-0.2, -0.15) is 0 Å². The number of nitrogens with one attached hydrogen (secondary N) is 1. The molecule has 62 valence electrons. The van der Waals surface area contributed by atoms with Gasteiger partial charge in [-0.25, -0.2) is 0 Å². The lowest BCUT2D eigenvalue weighted by Crippen LogP contribution is -2.37. The lowest BCUT2D eigenvalue weighted by Gasteiger charge is -2.28. The van der Waals surface area contributed by atoms with E-state index in [2.05, 4.69) is 5.32 Å². The van der Waals surface area contributed by atoms with E-state index in [1.54, 1.807) is 0 Å². The second-order valence-electron chi connectivity index (χ2n) is 3.50. The molecule has 0 aromatic rings. The zero-order chi connectivity index (χ0) is 7.84. The Morgan fingerprint density at radius 2 is 2.36 bits per heavy atom. The third-order valence-electron chi connectivity index (χ3n) is 2.85. The Labute approximate surface area is 66.1 Å². The second-order valence-corrected chi connectivity index (χ2v) is 3.50. The highest BCUT2D eigenvalue weighted by Gasteiger charge is 2.39. The lowest BCUT2D eigenvalue weighted by molar-refractivity contribution is -0.158. The minimum atomic E-state index is -0.0186. The predicted octanol–water partition coefficient (Wildman–Crippen LogP) is 0.0149. The zero-order valence-electron chi connectivity index (χ0n) is 6.67. The van der Waals surface area contributed by atoms with Crippen LogP contribution in [0, 0.1) is 17.8 Å². The van der Waals surface area contributed by atoms with Crippen molar-refractivity contribution in [3.8, 4) is 0 Å². The van der Waals surface area contributed by atoms with Crippen molar-refractivity contribution in [1.82, 2.24) is 5.32 Å². The van der Waals surface area contributed by atoms with Gasteiger partial charge in [-0.3, -0.25) is 4.79 Å². The highest BCUT2D eigenvalue weighted by molar-refractivity contribution is 5.73. The van der Waals surface area contributed by atoms with Crippen molar-refractivity contribution < 1.29 is 9.53 Å². The zero-order valence-corrected chi connectivity index (χ0v) is 6.67. The minimum absolute atomic E-state index is 0.0186. The summed E-state index contributed by atoms with van der Waals surface area (Å²) in [7, 11) is 0. The molecule has 0 saturated carbocycles. The summed E-state index contributed by atoms with van der Waals surface area (Å²) in [5, 5.41) is 3.28. The highest BCUT2D eigenvalue weighted by Crippen LogP contribution is 2.30. The maximum absolute atomic E-state index is 11.1. The third kappa shape index (κ3) is 1.03. The fourth-order valence-electron chi connectivity index (χ4n) is 2.02. The van der Waals surface area contributed by atoms with E-state index in [1.807, 2.05) is 6.92 Å². The molecule has 3 atom stereocenters. The molecule has 0 radical (unpaired) electrons. The summed E-state index contributed by atoms with van der Waals surface area (Å²) in [4.78, 5) is 11.1. The average Bonchev–Trinajstić information content (AvgIpc) is 2.45. The molecule has 0 aromatic heterocycles. The summed E-state index contributed by atoms with van der Waals surface area (Å²) < 4.78 is 5.03. The summed E-state index contributed by atoms with van der Waals surface area (Å²) in [6.07, 6.45) is 0. The minimum Gasteiger partial charge on any atom is -0.465 e. The molecule has 3 heteroatoms. The van der Waals surface area contributed by atoms with Crippen LogP contribution in [0.3, 0.4) is 0 Å². The van der Waals surface area contributed by atoms with Gasteiger partial charge in [0.15, 0.2) is 0 Å². The van der Waals surface area contributed by atoms with E-state index in [1.165, 1.54) is 0 Å². The van der Waals surface area contributed by atoms with Gasteiger partial charge in [0.25, 0.3) is 0 Å². The molecule has 0 aromatic carbocycles. The molecule has 2 aliphatic heterocycles. The van der Waals surface area contributed by atoms with Gasteiger partial charge in [0, 0.05) is 12.5 Å². The average molecular weight is 155 g/mol. The third-order valence-corrected chi connectivity index (χ3v) is 2.85. The lowest BCUT2D eigenvalue weighted by atomic mass is 9.84. The van der Waals surface area contributed by atoms with Crippen LogP contribution in [0.4, 0.5) is 0 Å². The Hall–Kier alpha value is -0.570. The van der Waals surface area contributed by atoms with Crippen molar-refractivity contribution in [3.05, 3.63) is 0 Å². The normalized spacial score (nSPS) is 43.4. The van der Waals surface area contributed by atoms with Crippen LogP contribution in [0.2, 0.25) is 0 Å². The molecule has 2 rings (SSSR count). The van der Waals surface area contributed by atoms with E-state index in [4.69, 9.17) is 4.74 Å². The van der Waals surface area contributed by atoms with E-state index in [0.29, 0.717) is 18.4 Å². The maximum atomic E-state index is 11.1. The number of hydrogen-bond donors (Lipinski definition) is 1. The molecule has 0 bridgehead atoms. The van der Waals surface area contributed by atoms with Gasteiger partial charge in [-0.1, -0.05) is 6.92 Å². The molecule has 3 unspecified atom stereocenters. The molecule has 2 aliphatic rings. The van der Waals surface area contributed by atoms with Crippen molar-refractivity contribution in [2.45, 2.75) is 6.92 Å². The van der Waals surface area contributed by atoms with Gasteiger partial charge < -0.3 is 10.1 Å². The first-order chi connectivity index (χ1) is 5.29. The van der Waals surface area contributed by atoms with Crippen molar-refractivity contribution in [2.75, 3.05) is 19.7 Å². The highest BCUT2D eigenvalue weighted by atomic mass is 16.5. The number of rotatable bonds is 0. The summed E-state index contributed by atoms with van der Waals surface area (Å²) in [6.45, 7) is 4.59. The fourth-order valence-corrected chi connectivity index (χ4v) is 2.02. The molecule has 2 saturated heterocycles. The largest absolute Gasteiger partial charge is 0.465 e. The molecular weight excluding hydrogens is 142 g/mol. The Morgan fingerprint density at radius 3 is 3.18 bits per heavy atom. The summed E-state index contributed by atoms with van der Waals surface area (Å²) >= 11 is 0. The number of ether oxygens (including phenoxy) is 1. The Bertz CT molecular complexity index is 181. The molecular formula is C8H13NO2. The van der Waals surface area contributed by atoms with Gasteiger partial charge in [0.2, 0.25) is 0 Å². The summed E-state index contributed by atoms with van der Waals surface area (Å²) in [6, 6.07) is 0. The van der Waals surface area contributed by atoms with Crippen molar-refractivity contribution in [1.29, 1.82) is 0 Å². The standard InChI is InChI=1S/C8H13NO2/c1-5-7-3-9-2-6(7)4-11-8(5)10/h5-7,9H,2-4H2,1H3. The quantitative estimate of drug-likeness (QED) is 0.501. The van der Waals surface area contributed by atoms with Gasteiger partial charge in [-0.15, -0.1) is 0 Å². The molecule has 11 heavy (non-hydrogen) atoms. The van der Waals surface area contributed by atoms with Crippen LogP contribution in [-0.4, -0.2) is 25.7 Å². The van der Waals surface area contributed by atoms with Crippen LogP contribution < -0.4 is 5.32 Å². The summed E-state index contributed by atoms with van der Waals surface area (Å²) in [5.41, 5.74) is 0. The molecule has 2 fully saturated rings. The SMILES string of the molecule is CC1C(=O)OCC2CNCC21. The molecule has 0 amide bonds. The maximum Gasteiger partial charge on any atom is 0.309 e. The van der Waals surface area contributed by atoms with Crippen LogP contribution in [0.15, 0.2) is 0 Å². The van der Waals surface area contributed by atoms with Crippen LogP contribution >= 0.6 is 0 Å². The number of hydrogen-bond acceptors (Lipinski definition) is 3. The van der Waals surface area contributed by atoms with Crippen molar-refractivity contribution in [3.63, 3.8) is 0 Å². The molecule has 0 spiro atoms. The van der Waals surface area contributed by atoms with Crippen LogP contribution in [0.25, 0.3) is 0 Å². The number of fused-ring (bicyclic) bond motifs is 1. The second kappa shape index (κ2) is 2.48. The van der Waals surface area contributed by atoms with Crippen LogP contribution in [0.5, 0.6) is 0 Å². The smallest absolute Gasteiger partial charge is 0.309 e. The van der Waals surface area contributed by atoms with Crippen LogP contribution in [0.1, 0.15) is 6.92 Å². The molecule has 0 aliphatic carbocycles. The van der Waals surface area contributed by atoms with Gasteiger partial charge in [0.1, 0.15) is 0 Å². The predicted molar refractivity (Wildman–Crippen MR) is 40.0 cm³/mol. The van der Waals surface area contributed by atoms with E-state index >= 15 is 0 Å².